The van der Waals surface area contributed by atoms with Crippen LogP contribution in [0.3, 0.4) is 0 Å². The van der Waals surface area contributed by atoms with Gasteiger partial charge in [0.25, 0.3) is 11.8 Å². The Morgan fingerprint density at radius 2 is 2.03 bits per heavy atom. The van der Waals surface area contributed by atoms with E-state index in [0.717, 1.165) is 41.5 Å². The third kappa shape index (κ3) is 4.01. The van der Waals surface area contributed by atoms with Crippen LogP contribution in [0.1, 0.15) is 48.0 Å². The van der Waals surface area contributed by atoms with Crippen LogP contribution in [0.5, 0.6) is 0 Å². The number of fused-ring (bicyclic) bond motifs is 1. The molecule has 1 amide bonds. The summed E-state index contributed by atoms with van der Waals surface area (Å²) in [7, 11) is 1.87. The van der Waals surface area contributed by atoms with Gasteiger partial charge in [-0.25, -0.2) is 13.2 Å². The summed E-state index contributed by atoms with van der Waals surface area (Å²) in [6, 6.07) is 7.74. The molecule has 0 aliphatic carbocycles. The number of hydrogen-bond acceptors (Lipinski definition) is 3. The van der Waals surface area contributed by atoms with Gasteiger partial charge in [0.15, 0.2) is 0 Å². The molecule has 0 radical (unpaired) electrons. The number of halogens is 3. The van der Waals surface area contributed by atoms with Gasteiger partial charge in [0.1, 0.15) is 5.82 Å². The first-order valence-electron chi connectivity index (χ1n) is 11.4. The molecule has 2 atom stereocenters. The van der Waals surface area contributed by atoms with E-state index in [1.54, 1.807) is 23.9 Å². The largest absolute Gasteiger partial charge is 0.335 e. The maximum absolute atomic E-state index is 14.3. The van der Waals surface area contributed by atoms with Crippen LogP contribution in [-0.4, -0.2) is 52.2 Å². The van der Waals surface area contributed by atoms with Crippen molar-refractivity contribution in [1.82, 2.24) is 20.0 Å². The minimum absolute atomic E-state index is 0.0565. The highest BCUT2D eigenvalue weighted by Gasteiger charge is 2.40. The monoisotopic (exact) mass is 456 g/mol. The van der Waals surface area contributed by atoms with E-state index in [0.29, 0.717) is 11.5 Å². The SMILES string of the molecule is CC1CC(F)(F)CCN1C(=O)c1cc(F)ccc1-c1cc(C2CCNC2)cc2c1cnn2C. The van der Waals surface area contributed by atoms with Crippen molar-refractivity contribution in [2.24, 2.45) is 7.05 Å². The van der Waals surface area contributed by atoms with Crippen molar-refractivity contribution in [3.63, 3.8) is 0 Å². The number of alkyl halides is 2. The Bertz CT molecular complexity index is 1220. The molecule has 5 nitrogen and oxygen atoms in total. The zero-order valence-corrected chi connectivity index (χ0v) is 18.7. The third-order valence-corrected chi connectivity index (χ3v) is 7.03. The van der Waals surface area contributed by atoms with Gasteiger partial charge in [-0.2, -0.15) is 5.10 Å². The Morgan fingerprint density at radius 3 is 2.76 bits per heavy atom. The van der Waals surface area contributed by atoms with E-state index >= 15 is 0 Å². The fourth-order valence-electron chi connectivity index (χ4n) is 5.20. The molecular formula is C25H27F3N4O. The highest BCUT2D eigenvalue weighted by molar-refractivity contribution is 6.05. The Hall–Kier alpha value is -2.87. The molecule has 174 valence electrons. The highest BCUT2D eigenvalue weighted by Crippen LogP contribution is 2.38. The molecule has 3 heterocycles. The fraction of sp³-hybridized carbons (Fsp3) is 0.440. The summed E-state index contributed by atoms with van der Waals surface area (Å²) < 4.78 is 43.9. The van der Waals surface area contributed by atoms with Crippen LogP contribution in [0.15, 0.2) is 36.5 Å². The smallest absolute Gasteiger partial charge is 0.254 e. The number of amides is 1. The fourth-order valence-corrected chi connectivity index (χ4v) is 5.20. The van der Waals surface area contributed by atoms with E-state index in [-0.39, 0.29) is 24.9 Å². The average molecular weight is 457 g/mol. The summed E-state index contributed by atoms with van der Waals surface area (Å²) in [6.07, 6.45) is 1.99. The molecule has 2 unspecified atom stereocenters. The second-order valence-corrected chi connectivity index (χ2v) is 9.31. The number of aromatic nitrogens is 2. The minimum atomic E-state index is -2.79. The van der Waals surface area contributed by atoms with Crippen LogP contribution < -0.4 is 5.32 Å². The van der Waals surface area contributed by atoms with Crippen molar-refractivity contribution in [1.29, 1.82) is 0 Å². The number of rotatable bonds is 3. The van der Waals surface area contributed by atoms with Gasteiger partial charge >= 0.3 is 0 Å². The van der Waals surface area contributed by atoms with Gasteiger partial charge in [-0.3, -0.25) is 9.48 Å². The van der Waals surface area contributed by atoms with Gasteiger partial charge in [0, 0.05) is 44.4 Å². The van der Waals surface area contributed by atoms with Crippen LogP contribution in [-0.2, 0) is 7.05 Å². The van der Waals surface area contributed by atoms with Gasteiger partial charge in [-0.1, -0.05) is 6.07 Å². The lowest BCUT2D eigenvalue weighted by Crippen LogP contribution is -2.48. The molecule has 1 aromatic heterocycles. The molecule has 33 heavy (non-hydrogen) atoms. The normalized spacial score (nSPS) is 22.8. The van der Waals surface area contributed by atoms with Gasteiger partial charge in [0.05, 0.1) is 17.3 Å². The first kappa shape index (κ1) is 21.9. The molecule has 0 bridgehead atoms. The topological polar surface area (TPSA) is 50.2 Å². The van der Waals surface area contributed by atoms with E-state index in [1.165, 1.54) is 17.0 Å². The van der Waals surface area contributed by atoms with E-state index in [2.05, 4.69) is 22.5 Å². The number of carbonyl (C=O) groups is 1. The highest BCUT2D eigenvalue weighted by atomic mass is 19.3. The first-order chi connectivity index (χ1) is 15.7. The lowest BCUT2D eigenvalue weighted by Gasteiger charge is -2.37. The molecular weight excluding hydrogens is 429 g/mol. The number of likely N-dealkylation sites (tertiary alicyclic amines) is 1. The molecule has 0 spiro atoms. The van der Waals surface area contributed by atoms with Gasteiger partial charge in [-0.15, -0.1) is 0 Å². The van der Waals surface area contributed by atoms with Gasteiger partial charge in [-0.05, 0) is 66.8 Å². The van der Waals surface area contributed by atoms with E-state index < -0.39 is 23.7 Å². The number of benzene rings is 2. The Kier molecular flexibility index (Phi) is 5.43. The van der Waals surface area contributed by atoms with E-state index in [4.69, 9.17) is 0 Å². The van der Waals surface area contributed by atoms with Crippen molar-refractivity contribution in [2.45, 2.75) is 44.1 Å². The summed E-state index contributed by atoms with van der Waals surface area (Å²) in [5, 5.41) is 8.66. The quantitative estimate of drug-likeness (QED) is 0.621. The van der Waals surface area contributed by atoms with Gasteiger partial charge in [0.2, 0.25) is 0 Å². The molecule has 2 fully saturated rings. The third-order valence-electron chi connectivity index (χ3n) is 7.03. The maximum Gasteiger partial charge on any atom is 0.254 e. The zero-order chi connectivity index (χ0) is 23.3. The Labute approximate surface area is 190 Å². The predicted molar refractivity (Wildman–Crippen MR) is 121 cm³/mol. The lowest BCUT2D eigenvalue weighted by atomic mass is 9.89. The molecule has 2 aromatic carbocycles. The van der Waals surface area contributed by atoms with Crippen LogP contribution in [0, 0.1) is 5.82 Å². The van der Waals surface area contributed by atoms with Crippen molar-refractivity contribution < 1.29 is 18.0 Å². The summed E-state index contributed by atoms with van der Waals surface area (Å²) in [6.45, 7) is 3.38. The van der Waals surface area contributed by atoms with Crippen LogP contribution in [0.4, 0.5) is 13.2 Å². The number of hydrogen-bond donors (Lipinski definition) is 1. The molecule has 2 aliphatic heterocycles. The maximum atomic E-state index is 14.3. The standard InChI is InChI=1S/C25H27F3N4O/c1-15-12-25(27,28)6-8-32(15)24(33)21-11-18(26)3-4-19(21)20-9-17(16-5-7-29-13-16)10-23-22(20)14-30-31(23)2/h3-4,9-11,14-16,29H,5-8,12-13H2,1-2H3. The van der Waals surface area contributed by atoms with Crippen molar-refractivity contribution >= 4 is 16.8 Å². The van der Waals surface area contributed by atoms with Crippen LogP contribution in [0.2, 0.25) is 0 Å². The molecule has 8 heteroatoms. The Balaban J connectivity index is 1.63. The van der Waals surface area contributed by atoms with E-state index in [1.807, 2.05) is 7.05 Å². The number of nitrogens with zero attached hydrogens (tertiary/aromatic N) is 3. The average Bonchev–Trinajstić information content (AvgIpc) is 3.43. The first-order valence-corrected chi connectivity index (χ1v) is 11.4. The summed E-state index contributed by atoms with van der Waals surface area (Å²) in [4.78, 5) is 15.0. The molecule has 1 N–H and O–H groups in total. The van der Waals surface area contributed by atoms with Crippen molar-refractivity contribution in [3.8, 4) is 11.1 Å². The van der Waals surface area contributed by atoms with Gasteiger partial charge < -0.3 is 10.2 Å². The van der Waals surface area contributed by atoms with Crippen molar-refractivity contribution in [3.05, 3.63) is 53.5 Å². The second-order valence-electron chi connectivity index (χ2n) is 9.31. The summed E-state index contributed by atoms with van der Waals surface area (Å²) in [5.74, 6) is -3.40. The number of nitrogens with one attached hydrogen (secondary N) is 1. The molecule has 3 aromatic rings. The van der Waals surface area contributed by atoms with E-state index in [9.17, 15) is 18.0 Å². The Morgan fingerprint density at radius 1 is 1.21 bits per heavy atom. The minimum Gasteiger partial charge on any atom is -0.335 e. The predicted octanol–water partition coefficient (Wildman–Crippen LogP) is 4.72. The molecule has 2 aliphatic rings. The number of aryl methyl sites for hydroxylation is 1. The molecule has 5 rings (SSSR count). The summed E-state index contributed by atoms with van der Waals surface area (Å²) in [5.41, 5.74) is 3.67. The summed E-state index contributed by atoms with van der Waals surface area (Å²) >= 11 is 0. The lowest BCUT2D eigenvalue weighted by molar-refractivity contribution is -0.0664. The number of piperidine rings is 1. The van der Waals surface area contributed by atoms with Crippen molar-refractivity contribution in [2.75, 3.05) is 19.6 Å². The molecule has 2 saturated heterocycles. The number of carbonyl (C=O) groups excluding carboxylic acids is 1. The van der Waals surface area contributed by atoms with Crippen LogP contribution in [0.25, 0.3) is 22.0 Å². The zero-order valence-electron chi connectivity index (χ0n) is 18.7. The second kappa shape index (κ2) is 8.17. The molecule has 0 saturated carbocycles. The van der Waals surface area contributed by atoms with Crippen LogP contribution >= 0.6 is 0 Å².